The van der Waals surface area contributed by atoms with Gasteiger partial charge in [0.1, 0.15) is 0 Å². The van der Waals surface area contributed by atoms with Crippen LogP contribution in [-0.2, 0) is 5.60 Å². The molecule has 0 bridgehead atoms. The van der Waals surface area contributed by atoms with E-state index in [4.69, 9.17) is 0 Å². The van der Waals surface area contributed by atoms with E-state index in [0.29, 0.717) is 5.41 Å². The quantitative estimate of drug-likeness (QED) is 0.811. The Morgan fingerprint density at radius 3 is 2.35 bits per heavy atom. The van der Waals surface area contributed by atoms with Gasteiger partial charge in [0.25, 0.3) is 0 Å². The highest BCUT2D eigenvalue weighted by atomic mass is 16.3. The SMILES string of the molecule is CCC(C)(C)C1CCC(O)(c2cc(C)ccc2C)CC1. The van der Waals surface area contributed by atoms with E-state index in [2.05, 4.69) is 52.8 Å². The van der Waals surface area contributed by atoms with E-state index in [1.54, 1.807) is 0 Å². The fraction of sp³-hybridized carbons (Fsp3) is 0.684. The molecule has 2 rings (SSSR count). The van der Waals surface area contributed by atoms with Gasteiger partial charge in [-0.2, -0.15) is 0 Å². The number of rotatable bonds is 3. The first-order valence-electron chi connectivity index (χ1n) is 8.08. The predicted octanol–water partition coefficient (Wildman–Crippen LogP) is 5.12. The summed E-state index contributed by atoms with van der Waals surface area (Å²) in [4.78, 5) is 0. The molecule has 20 heavy (non-hydrogen) atoms. The van der Waals surface area contributed by atoms with E-state index in [9.17, 15) is 5.11 Å². The first-order valence-corrected chi connectivity index (χ1v) is 8.08. The highest BCUT2D eigenvalue weighted by Crippen LogP contribution is 2.47. The van der Waals surface area contributed by atoms with E-state index >= 15 is 0 Å². The van der Waals surface area contributed by atoms with E-state index in [0.717, 1.165) is 37.2 Å². The smallest absolute Gasteiger partial charge is 0.0899 e. The molecular formula is C19H30O. The second-order valence-corrected chi connectivity index (χ2v) is 7.47. The summed E-state index contributed by atoms with van der Waals surface area (Å²) in [5.41, 5.74) is 3.44. The van der Waals surface area contributed by atoms with Crippen LogP contribution in [0.3, 0.4) is 0 Å². The molecule has 0 unspecified atom stereocenters. The maximum absolute atomic E-state index is 11.1. The number of aliphatic hydroxyl groups is 1. The molecule has 0 atom stereocenters. The molecule has 0 heterocycles. The minimum Gasteiger partial charge on any atom is -0.385 e. The normalized spacial score (nSPS) is 27.6. The average molecular weight is 274 g/mol. The van der Waals surface area contributed by atoms with Gasteiger partial charge in [0, 0.05) is 0 Å². The Labute approximate surface area is 124 Å². The van der Waals surface area contributed by atoms with E-state index in [-0.39, 0.29) is 0 Å². The van der Waals surface area contributed by atoms with Gasteiger partial charge in [0.2, 0.25) is 0 Å². The topological polar surface area (TPSA) is 20.2 Å². The lowest BCUT2D eigenvalue weighted by Gasteiger charge is -2.43. The zero-order valence-electron chi connectivity index (χ0n) is 13.8. The summed E-state index contributed by atoms with van der Waals surface area (Å²) < 4.78 is 0. The molecule has 0 amide bonds. The standard InChI is InChI=1S/C19H30O/c1-6-18(4,5)16-9-11-19(20,12-10-16)17-13-14(2)7-8-15(17)3/h7-8,13,16,20H,6,9-12H2,1-5H3. The maximum atomic E-state index is 11.1. The molecule has 1 aliphatic rings. The summed E-state index contributed by atoms with van der Waals surface area (Å²) in [7, 11) is 0. The molecule has 0 aliphatic heterocycles. The summed E-state index contributed by atoms with van der Waals surface area (Å²) in [5, 5.41) is 11.1. The molecule has 0 spiro atoms. The van der Waals surface area contributed by atoms with Crippen molar-refractivity contribution < 1.29 is 5.11 Å². The highest BCUT2D eigenvalue weighted by molar-refractivity contribution is 5.35. The van der Waals surface area contributed by atoms with E-state index in [1.165, 1.54) is 17.5 Å². The predicted molar refractivity (Wildman–Crippen MR) is 85.8 cm³/mol. The fourth-order valence-corrected chi connectivity index (χ4v) is 3.67. The minimum atomic E-state index is -0.601. The van der Waals surface area contributed by atoms with Crippen molar-refractivity contribution in [3.05, 3.63) is 34.9 Å². The molecule has 1 nitrogen and oxygen atoms in total. The lowest BCUT2D eigenvalue weighted by Crippen LogP contribution is -2.36. The van der Waals surface area contributed by atoms with Crippen LogP contribution in [-0.4, -0.2) is 5.11 Å². The van der Waals surface area contributed by atoms with Crippen molar-refractivity contribution in [2.75, 3.05) is 0 Å². The van der Waals surface area contributed by atoms with Gasteiger partial charge in [-0.15, -0.1) is 0 Å². The van der Waals surface area contributed by atoms with E-state index in [1.807, 2.05) is 0 Å². The third-order valence-corrected chi connectivity index (χ3v) is 5.72. The van der Waals surface area contributed by atoms with Crippen molar-refractivity contribution >= 4 is 0 Å². The number of benzene rings is 1. The maximum Gasteiger partial charge on any atom is 0.0899 e. The zero-order valence-corrected chi connectivity index (χ0v) is 13.8. The first kappa shape index (κ1) is 15.6. The molecule has 0 radical (unpaired) electrons. The molecule has 0 aromatic heterocycles. The van der Waals surface area contributed by atoms with Crippen LogP contribution in [0, 0.1) is 25.2 Å². The average Bonchev–Trinajstić information content (AvgIpc) is 2.42. The molecule has 1 saturated carbocycles. The largest absolute Gasteiger partial charge is 0.385 e. The Bertz CT molecular complexity index is 465. The van der Waals surface area contributed by atoms with Gasteiger partial charge < -0.3 is 5.11 Å². The van der Waals surface area contributed by atoms with Gasteiger partial charge in [0.15, 0.2) is 0 Å². The van der Waals surface area contributed by atoms with Crippen LogP contribution in [0.25, 0.3) is 0 Å². The van der Waals surface area contributed by atoms with Crippen LogP contribution in [0.4, 0.5) is 0 Å². The Balaban J connectivity index is 2.18. The van der Waals surface area contributed by atoms with Crippen molar-refractivity contribution in [2.24, 2.45) is 11.3 Å². The summed E-state index contributed by atoms with van der Waals surface area (Å²) in [6, 6.07) is 6.46. The second kappa shape index (κ2) is 5.52. The summed E-state index contributed by atoms with van der Waals surface area (Å²) in [6.07, 6.45) is 5.33. The Hall–Kier alpha value is -0.820. The minimum absolute atomic E-state index is 0.406. The molecule has 1 N–H and O–H groups in total. The van der Waals surface area contributed by atoms with Crippen molar-refractivity contribution in [1.29, 1.82) is 0 Å². The highest BCUT2D eigenvalue weighted by Gasteiger charge is 2.39. The molecule has 1 aromatic rings. The van der Waals surface area contributed by atoms with Gasteiger partial charge in [0.05, 0.1) is 5.60 Å². The van der Waals surface area contributed by atoms with Crippen LogP contribution in [0.15, 0.2) is 18.2 Å². The van der Waals surface area contributed by atoms with Crippen LogP contribution in [0.5, 0.6) is 0 Å². The monoisotopic (exact) mass is 274 g/mol. The van der Waals surface area contributed by atoms with E-state index < -0.39 is 5.60 Å². The first-order chi connectivity index (χ1) is 9.28. The summed E-state index contributed by atoms with van der Waals surface area (Å²) in [5.74, 6) is 0.748. The van der Waals surface area contributed by atoms with Gasteiger partial charge >= 0.3 is 0 Å². The lowest BCUT2D eigenvalue weighted by atomic mass is 9.65. The Kier molecular flexibility index (Phi) is 4.30. The number of hydrogen-bond donors (Lipinski definition) is 1. The second-order valence-electron chi connectivity index (χ2n) is 7.47. The van der Waals surface area contributed by atoms with Crippen molar-refractivity contribution in [3.8, 4) is 0 Å². The zero-order chi connectivity index (χ0) is 15.0. The molecule has 1 heteroatoms. The van der Waals surface area contributed by atoms with Crippen LogP contribution in [0.1, 0.15) is 69.6 Å². The number of hydrogen-bond acceptors (Lipinski definition) is 1. The molecule has 0 saturated heterocycles. The third kappa shape index (κ3) is 2.93. The molecule has 1 aliphatic carbocycles. The summed E-state index contributed by atoms with van der Waals surface area (Å²) in [6.45, 7) is 11.3. The van der Waals surface area contributed by atoms with Crippen LogP contribution >= 0.6 is 0 Å². The summed E-state index contributed by atoms with van der Waals surface area (Å²) >= 11 is 0. The Morgan fingerprint density at radius 1 is 1.20 bits per heavy atom. The molecular weight excluding hydrogens is 244 g/mol. The number of aryl methyl sites for hydroxylation is 2. The van der Waals surface area contributed by atoms with Gasteiger partial charge in [-0.3, -0.25) is 0 Å². The van der Waals surface area contributed by atoms with Gasteiger partial charge in [-0.25, -0.2) is 0 Å². The lowest BCUT2D eigenvalue weighted by molar-refractivity contribution is -0.0332. The third-order valence-electron chi connectivity index (χ3n) is 5.72. The fourth-order valence-electron chi connectivity index (χ4n) is 3.67. The molecule has 1 aromatic carbocycles. The van der Waals surface area contributed by atoms with Gasteiger partial charge in [-0.1, -0.05) is 51.0 Å². The molecule has 112 valence electrons. The Morgan fingerprint density at radius 2 is 1.80 bits per heavy atom. The van der Waals surface area contributed by atoms with Crippen molar-refractivity contribution in [2.45, 2.75) is 72.3 Å². The van der Waals surface area contributed by atoms with Gasteiger partial charge in [-0.05, 0) is 62.0 Å². The van der Waals surface area contributed by atoms with Crippen molar-refractivity contribution in [3.63, 3.8) is 0 Å². The van der Waals surface area contributed by atoms with Crippen LogP contribution < -0.4 is 0 Å². The van der Waals surface area contributed by atoms with Crippen LogP contribution in [0.2, 0.25) is 0 Å². The van der Waals surface area contributed by atoms with Crippen molar-refractivity contribution in [1.82, 2.24) is 0 Å². The molecule has 1 fully saturated rings.